The third kappa shape index (κ3) is 5.94. The molecule has 0 bridgehead atoms. The Kier molecular flexibility index (Phi) is 7.02. The number of carbonyl (C=O) groups is 1. The molecule has 1 aromatic rings. The van der Waals surface area contributed by atoms with Gasteiger partial charge in [-0.25, -0.2) is 0 Å². The molecule has 0 radical (unpaired) electrons. The van der Waals surface area contributed by atoms with Gasteiger partial charge in [-0.1, -0.05) is 26.0 Å². The second kappa shape index (κ2) is 9.01. The molecule has 1 aromatic carbocycles. The topological polar surface area (TPSA) is 50.8 Å². The van der Waals surface area contributed by atoms with Gasteiger partial charge in [0.15, 0.2) is 0 Å². The molecule has 23 heavy (non-hydrogen) atoms. The Morgan fingerprint density at radius 2 is 2.30 bits per heavy atom. The summed E-state index contributed by atoms with van der Waals surface area (Å²) in [4.78, 5) is 14.7. The summed E-state index contributed by atoms with van der Waals surface area (Å²) in [7, 11) is 1.65. The van der Waals surface area contributed by atoms with Gasteiger partial charge in [0, 0.05) is 38.9 Å². The van der Waals surface area contributed by atoms with Gasteiger partial charge < -0.3 is 14.8 Å². The number of nitrogens with zero attached hydrogens (tertiary/aromatic N) is 1. The highest BCUT2D eigenvalue weighted by molar-refractivity contribution is 5.94. The molecule has 0 saturated carbocycles. The molecule has 1 saturated heterocycles. The number of hydrogen-bond acceptors (Lipinski definition) is 4. The molecule has 0 spiro atoms. The largest absolute Gasteiger partial charge is 0.380 e. The van der Waals surface area contributed by atoms with Crippen molar-refractivity contribution in [2.45, 2.75) is 26.6 Å². The van der Waals surface area contributed by atoms with Crippen molar-refractivity contribution >= 4 is 5.91 Å². The average Bonchev–Trinajstić information content (AvgIpc) is 2.53. The van der Waals surface area contributed by atoms with Crippen LogP contribution in [0.15, 0.2) is 24.3 Å². The predicted octanol–water partition coefficient (Wildman–Crippen LogP) is 1.92. The number of nitrogens with one attached hydrogen (secondary N) is 1. The summed E-state index contributed by atoms with van der Waals surface area (Å²) in [5.41, 5.74) is 1.66. The zero-order chi connectivity index (χ0) is 16.7. The van der Waals surface area contributed by atoms with Crippen LogP contribution in [0.25, 0.3) is 0 Å². The van der Waals surface area contributed by atoms with Crippen molar-refractivity contribution in [2.24, 2.45) is 5.92 Å². The van der Waals surface area contributed by atoms with Gasteiger partial charge >= 0.3 is 0 Å². The zero-order valence-corrected chi connectivity index (χ0v) is 14.4. The SMILES string of the molecule is COCc1cccc(C(=O)NCC2CN(CC(C)C)CCO2)c1. The van der Waals surface area contributed by atoms with E-state index in [0.29, 0.717) is 24.6 Å². The van der Waals surface area contributed by atoms with E-state index in [1.165, 1.54) is 0 Å². The number of carbonyl (C=O) groups excluding carboxylic acids is 1. The van der Waals surface area contributed by atoms with Gasteiger partial charge in [-0.05, 0) is 23.6 Å². The monoisotopic (exact) mass is 320 g/mol. The summed E-state index contributed by atoms with van der Waals surface area (Å²) >= 11 is 0. The molecule has 1 fully saturated rings. The van der Waals surface area contributed by atoms with Crippen molar-refractivity contribution in [3.05, 3.63) is 35.4 Å². The van der Waals surface area contributed by atoms with Gasteiger partial charge in [-0.3, -0.25) is 9.69 Å². The molecular formula is C18H28N2O3. The number of benzene rings is 1. The number of methoxy groups -OCH3 is 1. The Hall–Kier alpha value is -1.43. The van der Waals surface area contributed by atoms with E-state index >= 15 is 0 Å². The highest BCUT2D eigenvalue weighted by Gasteiger charge is 2.21. The van der Waals surface area contributed by atoms with Crippen LogP contribution in [0.4, 0.5) is 0 Å². The van der Waals surface area contributed by atoms with E-state index in [2.05, 4.69) is 24.1 Å². The van der Waals surface area contributed by atoms with Crippen molar-refractivity contribution < 1.29 is 14.3 Å². The molecule has 1 unspecified atom stereocenters. The van der Waals surface area contributed by atoms with E-state index in [-0.39, 0.29) is 12.0 Å². The second-order valence-electron chi connectivity index (χ2n) is 6.49. The maximum atomic E-state index is 12.3. The molecule has 5 heteroatoms. The lowest BCUT2D eigenvalue weighted by atomic mass is 10.1. The molecule has 1 atom stereocenters. The first-order valence-electron chi connectivity index (χ1n) is 8.28. The van der Waals surface area contributed by atoms with E-state index in [1.54, 1.807) is 7.11 Å². The molecule has 0 aromatic heterocycles. The first-order valence-corrected chi connectivity index (χ1v) is 8.28. The summed E-state index contributed by atoms with van der Waals surface area (Å²) in [6, 6.07) is 7.52. The van der Waals surface area contributed by atoms with Crippen LogP contribution in [0.2, 0.25) is 0 Å². The minimum atomic E-state index is -0.0625. The van der Waals surface area contributed by atoms with Crippen LogP contribution >= 0.6 is 0 Å². The molecule has 1 heterocycles. The molecule has 1 aliphatic heterocycles. The van der Waals surface area contributed by atoms with E-state index in [4.69, 9.17) is 9.47 Å². The highest BCUT2D eigenvalue weighted by atomic mass is 16.5. The van der Waals surface area contributed by atoms with E-state index in [9.17, 15) is 4.79 Å². The fraction of sp³-hybridized carbons (Fsp3) is 0.611. The molecule has 128 valence electrons. The highest BCUT2D eigenvalue weighted by Crippen LogP contribution is 2.09. The third-order valence-electron chi connectivity index (χ3n) is 3.84. The summed E-state index contributed by atoms with van der Waals surface area (Å²) in [6.45, 7) is 9.16. The normalized spacial score (nSPS) is 19.0. The first-order chi connectivity index (χ1) is 11.1. The van der Waals surface area contributed by atoms with Gasteiger partial charge in [-0.15, -0.1) is 0 Å². The lowest BCUT2D eigenvalue weighted by Gasteiger charge is -2.33. The fourth-order valence-corrected chi connectivity index (χ4v) is 2.86. The van der Waals surface area contributed by atoms with Gasteiger partial charge in [-0.2, -0.15) is 0 Å². The van der Waals surface area contributed by atoms with Crippen LogP contribution in [0.3, 0.4) is 0 Å². The Balaban J connectivity index is 1.82. The van der Waals surface area contributed by atoms with Crippen molar-refractivity contribution in [3.8, 4) is 0 Å². The minimum absolute atomic E-state index is 0.0625. The maximum Gasteiger partial charge on any atom is 0.251 e. The van der Waals surface area contributed by atoms with E-state index in [0.717, 1.165) is 31.8 Å². The molecular weight excluding hydrogens is 292 g/mol. The Labute approximate surface area is 139 Å². The smallest absolute Gasteiger partial charge is 0.251 e. The maximum absolute atomic E-state index is 12.3. The lowest BCUT2D eigenvalue weighted by molar-refractivity contribution is -0.0295. The summed E-state index contributed by atoms with van der Waals surface area (Å²) in [5, 5.41) is 2.98. The number of ether oxygens (including phenoxy) is 2. The number of rotatable bonds is 7. The summed E-state index contributed by atoms with van der Waals surface area (Å²) in [6.07, 6.45) is 0.0635. The minimum Gasteiger partial charge on any atom is -0.380 e. The number of amides is 1. The van der Waals surface area contributed by atoms with Gasteiger partial charge in [0.2, 0.25) is 0 Å². The van der Waals surface area contributed by atoms with E-state index < -0.39 is 0 Å². The van der Waals surface area contributed by atoms with Gasteiger partial charge in [0.25, 0.3) is 5.91 Å². The predicted molar refractivity (Wildman–Crippen MR) is 90.5 cm³/mol. The molecule has 0 aliphatic carbocycles. The fourth-order valence-electron chi connectivity index (χ4n) is 2.86. The number of hydrogen-bond donors (Lipinski definition) is 1. The second-order valence-corrected chi connectivity index (χ2v) is 6.49. The van der Waals surface area contributed by atoms with Crippen molar-refractivity contribution in [3.63, 3.8) is 0 Å². The molecule has 1 N–H and O–H groups in total. The summed E-state index contributed by atoms with van der Waals surface area (Å²) < 4.78 is 10.9. The summed E-state index contributed by atoms with van der Waals surface area (Å²) in [5.74, 6) is 0.583. The third-order valence-corrected chi connectivity index (χ3v) is 3.84. The Morgan fingerprint density at radius 1 is 1.48 bits per heavy atom. The van der Waals surface area contributed by atoms with Gasteiger partial charge in [0.1, 0.15) is 0 Å². The molecule has 1 amide bonds. The molecule has 2 rings (SSSR count). The van der Waals surface area contributed by atoms with Crippen LogP contribution in [-0.2, 0) is 16.1 Å². The lowest BCUT2D eigenvalue weighted by Crippen LogP contribution is -2.48. The van der Waals surface area contributed by atoms with Crippen LogP contribution in [-0.4, -0.2) is 56.8 Å². The zero-order valence-electron chi connectivity index (χ0n) is 14.4. The Morgan fingerprint density at radius 3 is 3.04 bits per heavy atom. The van der Waals surface area contributed by atoms with Crippen LogP contribution in [0.1, 0.15) is 29.8 Å². The molecule has 1 aliphatic rings. The Bertz CT molecular complexity index is 505. The van der Waals surface area contributed by atoms with Crippen molar-refractivity contribution in [2.75, 3.05) is 39.9 Å². The van der Waals surface area contributed by atoms with E-state index in [1.807, 2.05) is 24.3 Å². The van der Waals surface area contributed by atoms with Crippen LogP contribution in [0.5, 0.6) is 0 Å². The van der Waals surface area contributed by atoms with Crippen LogP contribution < -0.4 is 5.32 Å². The number of morpholine rings is 1. The van der Waals surface area contributed by atoms with Crippen molar-refractivity contribution in [1.29, 1.82) is 0 Å². The van der Waals surface area contributed by atoms with Gasteiger partial charge in [0.05, 0.1) is 19.3 Å². The van der Waals surface area contributed by atoms with Crippen molar-refractivity contribution in [1.82, 2.24) is 10.2 Å². The first kappa shape index (κ1) is 17.9. The molecule has 5 nitrogen and oxygen atoms in total. The average molecular weight is 320 g/mol. The quantitative estimate of drug-likeness (QED) is 0.834. The standard InChI is InChI=1S/C18H28N2O3/c1-14(2)11-20-7-8-23-17(12-20)10-19-18(21)16-6-4-5-15(9-16)13-22-3/h4-6,9,14,17H,7-8,10-13H2,1-3H3,(H,19,21). The van der Waals surface area contributed by atoms with Crippen LogP contribution in [0, 0.1) is 5.92 Å².